The van der Waals surface area contributed by atoms with Crippen molar-refractivity contribution in [2.45, 2.75) is 75.1 Å². The van der Waals surface area contributed by atoms with Crippen LogP contribution < -0.4 is 0 Å². The molecular weight excluding hydrogens is 504 g/mol. The summed E-state index contributed by atoms with van der Waals surface area (Å²) in [6.07, 6.45) is -12.0. The number of fused-ring (bicyclic) bond motifs is 1. The highest BCUT2D eigenvalue weighted by molar-refractivity contribution is 5.90. The number of methoxy groups -OCH3 is 1. The standard InChI is InChI=1S/C22H32O15/c1-8-14-10(4-13(25)35-9(2)22(31,7-24)21(30)34-8)11(18(29)32-3)6-33-19(14)37-20-17(28)16(27)15(26)12(5-23)36-20/h6,8-10,12,14-17,19-20,23-24,26-28,31H,4-5,7H2,1-3H3. The van der Waals surface area contributed by atoms with E-state index in [4.69, 9.17) is 28.4 Å². The Balaban J connectivity index is 2.00. The average molecular weight is 536 g/mol. The molecule has 3 heterocycles. The van der Waals surface area contributed by atoms with Crippen molar-refractivity contribution in [3.63, 3.8) is 0 Å². The predicted octanol–water partition coefficient (Wildman–Crippen LogP) is -3.56. The Labute approximate surface area is 211 Å². The highest BCUT2D eigenvalue weighted by atomic mass is 16.8. The third-order valence-corrected chi connectivity index (χ3v) is 6.84. The summed E-state index contributed by atoms with van der Waals surface area (Å²) in [7, 11) is 1.10. The van der Waals surface area contributed by atoms with Crippen LogP contribution in [0.5, 0.6) is 0 Å². The van der Waals surface area contributed by atoms with Gasteiger partial charge in [0.15, 0.2) is 6.29 Å². The fraction of sp³-hybridized carbons (Fsp3) is 0.773. The van der Waals surface area contributed by atoms with Crippen LogP contribution in [0.25, 0.3) is 0 Å². The van der Waals surface area contributed by atoms with E-state index in [1.165, 1.54) is 13.8 Å². The van der Waals surface area contributed by atoms with Gasteiger partial charge in [-0.05, 0) is 13.8 Å². The molecule has 210 valence electrons. The van der Waals surface area contributed by atoms with Crippen molar-refractivity contribution in [3.05, 3.63) is 11.8 Å². The van der Waals surface area contributed by atoms with E-state index in [2.05, 4.69) is 0 Å². The minimum absolute atomic E-state index is 0.133. The molecule has 2 saturated heterocycles. The highest BCUT2D eigenvalue weighted by Gasteiger charge is 2.53. The first-order chi connectivity index (χ1) is 17.4. The third-order valence-electron chi connectivity index (χ3n) is 6.84. The Morgan fingerprint density at radius 3 is 2.35 bits per heavy atom. The van der Waals surface area contributed by atoms with Crippen LogP contribution >= 0.6 is 0 Å². The van der Waals surface area contributed by atoms with Gasteiger partial charge in [0.1, 0.15) is 36.6 Å². The van der Waals surface area contributed by atoms with E-state index in [0.717, 1.165) is 13.4 Å². The van der Waals surface area contributed by atoms with Gasteiger partial charge >= 0.3 is 17.9 Å². The number of hydrogen-bond donors (Lipinski definition) is 6. The predicted molar refractivity (Wildman–Crippen MR) is 115 cm³/mol. The number of hydrogen-bond acceptors (Lipinski definition) is 15. The van der Waals surface area contributed by atoms with Gasteiger partial charge < -0.3 is 59.1 Å². The molecule has 0 amide bonds. The van der Waals surface area contributed by atoms with E-state index < -0.39 is 104 Å². The summed E-state index contributed by atoms with van der Waals surface area (Å²) in [5.74, 6) is -5.44. The van der Waals surface area contributed by atoms with Crippen LogP contribution in [0, 0.1) is 11.8 Å². The number of ether oxygens (including phenoxy) is 6. The van der Waals surface area contributed by atoms with E-state index in [1.807, 2.05) is 0 Å². The second kappa shape index (κ2) is 11.6. The quantitative estimate of drug-likeness (QED) is 0.148. The second-order valence-corrected chi connectivity index (χ2v) is 9.12. The van der Waals surface area contributed by atoms with Gasteiger partial charge in [0.25, 0.3) is 0 Å². The van der Waals surface area contributed by atoms with Crippen molar-refractivity contribution < 1.29 is 73.4 Å². The molecule has 3 aliphatic heterocycles. The first-order valence-corrected chi connectivity index (χ1v) is 11.5. The average Bonchev–Trinajstić information content (AvgIpc) is 2.87. The van der Waals surface area contributed by atoms with E-state index in [-0.39, 0.29) is 5.57 Å². The number of aliphatic hydroxyl groups excluding tert-OH is 5. The molecule has 0 aromatic rings. The van der Waals surface area contributed by atoms with Crippen LogP contribution in [0.3, 0.4) is 0 Å². The molecule has 11 atom stereocenters. The van der Waals surface area contributed by atoms with Crippen LogP contribution in [-0.2, 0) is 42.8 Å². The molecule has 0 aliphatic carbocycles. The smallest absolute Gasteiger partial charge is 0.344 e. The molecule has 0 radical (unpaired) electrons. The lowest BCUT2D eigenvalue weighted by Crippen LogP contribution is -2.61. The lowest BCUT2D eigenvalue weighted by atomic mass is 9.78. The van der Waals surface area contributed by atoms with Gasteiger partial charge in [-0.3, -0.25) is 4.79 Å². The normalized spacial score (nSPS) is 42.9. The van der Waals surface area contributed by atoms with Crippen LogP contribution in [0.4, 0.5) is 0 Å². The van der Waals surface area contributed by atoms with Crippen molar-refractivity contribution in [1.29, 1.82) is 0 Å². The maximum absolute atomic E-state index is 12.8. The molecule has 0 aromatic carbocycles. The van der Waals surface area contributed by atoms with E-state index in [0.29, 0.717) is 0 Å². The molecule has 3 rings (SSSR count). The molecule has 6 N–H and O–H groups in total. The SMILES string of the molecule is COC(=O)C1=COC(OC2OC(CO)C(O)C(O)C2O)C2C(C)OC(=O)C(O)(CO)C(C)OC(=O)CC12. The maximum atomic E-state index is 12.8. The monoisotopic (exact) mass is 536 g/mol. The Bertz CT molecular complexity index is 889. The Morgan fingerprint density at radius 2 is 1.76 bits per heavy atom. The maximum Gasteiger partial charge on any atom is 0.344 e. The third kappa shape index (κ3) is 5.58. The summed E-state index contributed by atoms with van der Waals surface area (Å²) in [6, 6.07) is 0. The number of aliphatic hydroxyl groups is 6. The van der Waals surface area contributed by atoms with E-state index >= 15 is 0 Å². The van der Waals surface area contributed by atoms with Gasteiger partial charge in [-0.1, -0.05) is 0 Å². The molecule has 15 nitrogen and oxygen atoms in total. The molecule has 0 spiro atoms. The first-order valence-electron chi connectivity index (χ1n) is 11.5. The molecule has 3 aliphatic rings. The van der Waals surface area contributed by atoms with Gasteiger partial charge in [-0.2, -0.15) is 0 Å². The summed E-state index contributed by atoms with van der Waals surface area (Å²) >= 11 is 0. The topological polar surface area (TPSA) is 228 Å². The molecule has 0 bridgehead atoms. The number of carbonyl (C=O) groups excluding carboxylic acids is 3. The van der Waals surface area contributed by atoms with E-state index in [1.54, 1.807) is 0 Å². The fourth-order valence-electron chi connectivity index (χ4n) is 4.49. The van der Waals surface area contributed by atoms with Crippen LogP contribution in [0.15, 0.2) is 11.8 Å². The fourth-order valence-corrected chi connectivity index (χ4v) is 4.49. The largest absolute Gasteiger partial charge is 0.471 e. The van der Waals surface area contributed by atoms with Crippen molar-refractivity contribution in [3.8, 4) is 0 Å². The van der Waals surface area contributed by atoms with Crippen LogP contribution in [0.2, 0.25) is 0 Å². The number of carbonyl (C=O) groups is 3. The Hall–Kier alpha value is -2.37. The Kier molecular flexibility index (Phi) is 9.13. The van der Waals surface area contributed by atoms with Crippen molar-refractivity contribution in [2.24, 2.45) is 11.8 Å². The number of esters is 3. The van der Waals surface area contributed by atoms with Crippen LogP contribution in [0.1, 0.15) is 20.3 Å². The molecule has 15 heteroatoms. The second-order valence-electron chi connectivity index (χ2n) is 9.12. The van der Waals surface area contributed by atoms with Gasteiger partial charge in [-0.15, -0.1) is 0 Å². The molecule has 2 fully saturated rings. The van der Waals surface area contributed by atoms with Crippen LogP contribution in [-0.4, -0.2) is 124 Å². The molecule has 37 heavy (non-hydrogen) atoms. The zero-order valence-corrected chi connectivity index (χ0v) is 20.3. The highest BCUT2D eigenvalue weighted by Crippen LogP contribution is 2.40. The van der Waals surface area contributed by atoms with Crippen molar-refractivity contribution in [1.82, 2.24) is 0 Å². The first kappa shape index (κ1) is 29.2. The summed E-state index contributed by atoms with van der Waals surface area (Å²) in [5.41, 5.74) is -2.73. The van der Waals surface area contributed by atoms with Gasteiger partial charge in [0.2, 0.25) is 11.9 Å². The summed E-state index contributed by atoms with van der Waals surface area (Å²) in [5, 5.41) is 60.2. The van der Waals surface area contributed by atoms with Gasteiger partial charge in [-0.25, -0.2) is 9.59 Å². The van der Waals surface area contributed by atoms with Crippen molar-refractivity contribution >= 4 is 17.9 Å². The zero-order chi connectivity index (χ0) is 27.7. The summed E-state index contributed by atoms with van der Waals surface area (Å²) in [6.45, 7) is 0.686. The minimum atomic E-state index is -2.60. The van der Waals surface area contributed by atoms with Crippen molar-refractivity contribution in [2.75, 3.05) is 20.3 Å². The number of cyclic esters (lactones) is 2. The number of rotatable bonds is 5. The molecular formula is C22H32O15. The molecule has 0 aromatic heterocycles. The molecule has 11 unspecified atom stereocenters. The summed E-state index contributed by atoms with van der Waals surface area (Å²) < 4.78 is 31.9. The van der Waals surface area contributed by atoms with E-state index in [9.17, 15) is 45.0 Å². The summed E-state index contributed by atoms with van der Waals surface area (Å²) in [4.78, 5) is 38.0. The van der Waals surface area contributed by atoms with Gasteiger partial charge in [0, 0.05) is 5.92 Å². The zero-order valence-electron chi connectivity index (χ0n) is 20.3. The lowest BCUT2D eigenvalue weighted by Gasteiger charge is -2.45. The van der Waals surface area contributed by atoms with Gasteiger partial charge in [0.05, 0.1) is 44.5 Å². The Morgan fingerprint density at radius 1 is 1.08 bits per heavy atom. The molecule has 0 saturated carbocycles. The lowest BCUT2D eigenvalue weighted by molar-refractivity contribution is -0.345. The minimum Gasteiger partial charge on any atom is -0.471 e.